The van der Waals surface area contributed by atoms with Crippen molar-refractivity contribution in [3.8, 4) is 0 Å². The second-order valence-electron chi connectivity index (χ2n) is 7.32. The molecule has 5 nitrogen and oxygen atoms in total. The van der Waals surface area contributed by atoms with Crippen LogP contribution in [0.1, 0.15) is 24.4 Å². The Balaban J connectivity index is 1.49. The molecule has 1 N–H and O–H groups in total. The zero-order valence-electron chi connectivity index (χ0n) is 16.5. The van der Waals surface area contributed by atoms with Gasteiger partial charge < -0.3 is 9.88 Å². The number of amides is 1. The number of para-hydroxylation sites is 2. The molecular weight excluding hydrogens is 406 g/mol. The van der Waals surface area contributed by atoms with Gasteiger partial charge in [-0.05, 0) is 55.4 Å². The van der Waals surface area contributed by atoms with Gasteiger partial charge in [0, 0.05) is 6.54 Å². The SMILES string of the molecule is O=C(Cn1c(SC(F)F)nc2ccccc21)NCC(c1ccccc1)N1CCCC1. The average Bonchev–Trinajstić information content (AvgIpc) is 3.38. The molecule has 0 aliphatic carbocycles. The monoisotopic (exact) mass is 430 g/mol. The van der Waals surface area contributed by atoms with Crippen molar-refractivity contribution < 1.29 is 13.6 Å². The molecule has 3 aromatic rings. The van der Waals surface area contributed by atoms with Crippen LogP contribution in [0.3, 0.4) is 0 Å². The second kappa shape index (κ2) is 9.57. The lowest BCUT2D eigenvalue weighted by atomic mass is 10.1. The first-order valence-electron chi connectivity index (χ1n) is 10.1. The van der Waals surface area contributed by atoms with Crippen LogP contribution in [0.4, 0.5) is 8.78 Å². The van der Waals surface area contributed by atoms with Crippen LogP contribution in [0.15, 0.2) is 59.8 Å². The summed E-state index contributed by atoms with van der Waals surface area (Å²) in [7, 11) is 0. The Morgan fingerprint density at radius 1 is 1.07 bits per heavy atom. The third-order valence-corrected chi connectivity index (χ3v) is 6.07. The highest BCUT2D eigenvalue weighted by Crippen LogP contribution is 2.28. The molecule has 8 heteroatoms. The van der Waals surface area contributed by atoms with Gasteiger partial charge in [0.15, 0.2) is 5.16 Å². The van der Waals surface area contributed by atoms with E-state index in [1.807, 2.05) is 24.3 Å². The molecule has 0 bridgehead atoms. The summed E-state index contributed by atoms with van der Waals surface area (Å²) in [6, 6.07) is 17.4. The van der Waals surface area contributed by atoms with Gasteiger partial charge in [-0.2, -0.15) is 8.78 Å². The zero-order chi connectivity index (χ0) is 20.9. The van der Waals surface area contributed by atoms with Gasteiger partial charge in [0.05, 0.1) is 17.1 Å². The number of benzene rings is 2. The number of imidazole rings is 1. The van der Waals surface area contributed by atoms with Crippen LogP contribution >= 0.6 is 11.8 Å². The lowest BCUT2D eigenvalue weighted by Gasteiger charge is -2.28. The van der Waals surface area contributed by atoms with E-state index in [-0.39, 0.29) is 23.7 Å². The maximum absolute atomic E-state index is 13.0. The number of carbonyl (C=O) groups excluding carboxylic acids is 1. The summed E-state index contributed by atoms with van der Waals surface area (Å²) in [5.41, 5.74) is 2.45. The number of hydrogen-bond donors (Lipinski definition) is 1. The number of aromatic nitrogens is 2. The Bertz CT molecular complexity index is 989. The van der Waals surface area contributed by atoms with Crippen molar-refractivity contribution in [1.82, 2.24) is 19.8 Å². The highest BCUT2D eigenvalue weighted by molar-refractivity contribution is 7.99. The number of rotatable bonds is 8. The number of alkyl halides is 2. The summed E-state index contributed by atoms with van der Waals surface area (Å²) in [6.45, 7) is 2.46. The van der Waals surface area contributed by atoms with E-state index in [1.54, 1.807) is 22.8 Å². The van der Waals surface area contributed by atoms with E-state index >= 15 is 0 Å². The maximum atomic E-state index is 13.0. The lowest BCUT2D eigenvalue weighted by molar-refractivity contribution is -0.122. The molecule has 30 heavy (non-hydrogen) atoms. The number of halogens is 2. The molecule has 1 saturated heterocycles. The van der Waals surface area contributed by atoms with Crippen LogP contribution in [0.25, 0.3) is 11.0 Å². The first-order chi connectivity index (χ1) is 14.6. The van der Waals surface area contributed by atoms with Gasteiger partial charge in [0.2, 0.25) is 5.91 Å². The van der Waals surface area contributed by atoms with Crippen LogP contribution in [-0.2, 0) is 11.3 Å². The Kier molecular flexibility index (Phi) is 6.64. The number of likely N-dealkylation sites (tertiary alicyclic amines) is 1. The molecule has 4 rings (SSSR count). The smallest absolute Gasteiger partial charge is 0.291 e. The molecule has 1 aromatic heterocycles. The van der Waals surface area contributed by atoms with Crippen molar-refractivity contribution in [2.24, 2.45) is 0 Å². The van der Waals surface area contributed by atoms with Gasteiger partial charge in [-0.1, -0.05) is 42.5 Å². The molecule has 0 radical (unpaired) electrons. The molecule has 2 aromatic carbocycles. The topological polar surface area (TPSA) is 50.2 Å². The van der Waals surface area contributed by atoms with Crippen molar-refractivity contribution in [3.05, 3.63) is 60.2 Å². The van der Waals surface area contributed by atoms with E-state index in [4.69, 9.17) is 0 Å². The third-order valence-electron chi connectivity index (χ3n) is 5.37. The number of carbonyl (C=O) groups is 1. The van der Waals surface area contributed by atoms with Gasteiger partial charge in [-0.3, -0.25) is 9.69 Å². The number of thioether (sulfide) groups is 1. The summed E-state index contributed by atoms with van der Waals surface area (Å²) in [4.78, 5) is 19.4. The summed E-state index contributed by atoms with van der Waals surface area (Å²) >= 11 is 0.365. The van der Waals surface area contributed by atoms with Crippen LogP contribution in [0.2, 0.25) is 0 Å². The van der Waals surface area contributed by atoms with Gasteiger partial charge in [-0.25, -0.2) is 4.98 Å². The van der Waals surface area contributed by atoms with Crippen molar-refractivity contribution >= 4 is 28.7 Å². The Hall–Kier alpha value is -2.45. The van der Waals surface area contributed by atoms with E-state index in [9.17, 15) is 13.6 Å². The number of hydrogen-bond acceptors (Lipinski definition) is 4. The Morgan fingerprint density at radius 2 is 1.77 bits per heavy atom. The Morgan fingerprint density at radius 3 is 2.50 bits per heavy atom. The highest BCUT2D eigenvalue weighted by atomic mass is 32.2. The molecule has 1 aliphatic rings. The number of nitrogens with one attached hydrogen (secondary N) is 1. The number of fused-ring (bicyclic) bond motifs is 1. The van der Waals surface area contributed by atoms with Crippen LogP contribution in [0, 0.1) is 0 Å². The molecule has 1 unspecified atom stereocenters. The molecule has 1 amide bonds. The van der Waals surface area contributed by atoms with Crippen LogP contribution in [-0.4, -0.2) is 45.7 Å². The predicted octanol–water partition coefficient (Wildman–Crippen LogP) is 4.30. The Labute approximate surface area is 178 Å². The van der Waals surface area contributed by atoms with Crippen molar-refractivity contribution in [2.45, 2.75) is 36.3 Å². The van der Waals surface area contributed by atoms with Crippen molar-refractivity contribution in [3.63, 3.8) is 0 Å². The molecule has 158 valence electrons. The minimum atomic E-state index is -2.60. The number of nitrogens with zero attached hydrogens (tertiary/aromatic N) is 3. The standard InChI is InChI=1S/C22H24F2N4OS/c23-21(24)30-22-26-17-10-4-5-11-18(17)28(22)15-20(29)25-14-19(27-12-6-7-13-27)16-8-2-1-3-9-16/h1-5,8-11,19,21H,6-7,12-15H2,(H,25,29). The average molecular weight is 431 g/mol. The van der Waals surface area contributed by atoms with Crippen molar-refractivity contribution in [2.75, 3.05) is 19.6 Å². The minimum Gasteiger partial charge on any atom is -0.353 e. The maximum Gasteiger partial charge on any atom is 0.291 e. The molecule has 1 aliphatic heterocycles. The predicted molar refractivity (Wildman–Crippen MR) is 115 cm³/mol. The van der Waals surface area contributed by atoms with Crippen LogP contribution < -0.4 is 5.32 Å². The van der Waals surface area contributed by atoms with E-state index in [2.05, 4.69) is 27.3 Å². The minimum absolute atomic E-state index is 0.0446. The molecule has 2 heterocycles. The summed E-state index contributed by atoms with van der Waals surface area (Å²) in [5.74, 6) is -2.81. The normalized spacial score (nSPS) is 15.7. The largest absolute Gasteiger partial charge is 0.353 e. The van der Waals surface area contributed by atoms with Crippen molar-refractivity contribution in [1.29, 1.82) is 0 Å². The summed E-state index contributed by atoms with van der Waals surface area (Å²) < 4.78 is 27.5. The fraction of sp³-hybridized carbons (Fsp3) is 0.364. The van der Waals surface area contributed by atoms with Gasteiger partial charge in [-0.15, -0.1) is 0 Å². The first-order valence-corrected chi connectivity index (χ1v) is 11.0. The second-order valence-corrected chi connectivity index (χ2v) is 8.28. The molecule has 0 spiro atoms. The van der Waals surface area contributed by atoms with Gasteiger partial charge in [0.1, 0.15) is 6.54 Å². The van der Waals surface area contributed by atoms with E-state index in [0.29, 0.717) is 29.3 Å². The van der Waals surface area contributed by atoms with E-state index in [0.717, 1.165) is 25.9 Å². The van der Waals surface area contributed by atoms with E-state index in [1.165, 1.54) is 5.56 Å². The molecule has 0 saturated carbocycles. The lowest BCUT2D eigenvalue weighted by Crippen LogP contribution is -2.38. The first kappa shape index (κ1) is 20.8. The molecule has 1 fully saturated rings. The molecular formula is C22H24F2N4OS. The molecule has 1 atom stereocenters. The fourth-order valence-corrected chi connectivity index (χ4v) is 4.57. The fourth-order valence-electron chi connectivity index (χ4n) is 3.97. The zero-order valence-corrected chi connectivity index (χ0v) is 17.3. The third kappa shape index (κ3) is 4.82. The quantitative estimate of drug-likeness (QED) is 0.541. The van der Waals surface area contributed by atoms with Crippen LogP contribution in [0.5, 0.6) is 0 Å². The van der Waals surface area contributed by atoms with E-state index < -0.39 is 5.76 Å². The summed E-state index contributed by atoms with van der Waals surface area (Å²) in [5, 5.41) is 3.17. The summed E-state index contributed by atoms with van der Waals surface area (Å²) in [6.07, 6.45) is 2.32. The van der Waals surface area contributed by atoms with Gasteiger partial charge in [0.25, 0.3) is 5.76 Å². The van der Waals surface area contributed by atoms with Gasteiger partial charge >= 0.3 is 0 Å². The highest BCUT2D eigenvalue weighted by Gasteiger charge is 2.24.